The predicted molar refractivity (Wildman–Crippen MR) is 201 cm³/mol. The van der Waals surface area contributed by atoms with Gasteiger partial charge >= 0.3 is 5.97 Å². The van der Waals surface area contributed by atoms with E-state index in [1.807, 2.05) is 20.8 Å². The minimum Gasteiger partial charge on any atom is -0.458 e. The Hall–Kier alpha value is -0.970. The second-order valence-electron chi connectivity index (χ2n) is 13.3. The lowest BCUT2D eigenvalue weighted by molar-refractivity contribution is -0.160. The highest BCUT2D eigenvalue weighted by Gasteiger charge is 2.15. The molecule has 0 aromatic rings. The first-order valence-electron chi connectivity index (χ1n) is 20.0. The van der Waals surface area contributed by atoms with Crippen LogP contribution < -0.4 is 0 Å². The maximum absolute atomic E-state index is 11.5. The van der Waals surface area contributed by atoms with E-state index in [1.165, 1.54) is 64.2 Å². The summed E-state index contributed by atoms with van der Waals surface area (Å²) in [6.45, 7) is 18.5. The lowest BCUT2D eigenvalue weighted by atomic mass is 10.1. The number of carbonyl (C=O) groups excluding carboxylic acids is 1. The first kappa shape index (κ1) is 51.0. The fraction of sp³-hybridized carbons (Fsp3) is 0.974. The molecule has 13 heteroatoms. The van der Waals surface area contributed by atoms with Crippen molar-refractivity contribution >= 4 is 5.97 Å². The Labute approximate surface area is 316 Å². The molecule has 0 aliphatic heterocycles. The summed E-state index contributed by atoms with van der Waals surface area (Å²) in [5.41, 5.74) is -0.509. The maximum Gasteiger partial charge on any atom is 0.332 e. The van der Waals surface area contributed by atoms with E-state index < -0.39 is 5.60 Å². The Balaban J connectivity index is 3.09. The molecule has 0 fully saturated rings. The first-order chi connectivity index (χ1) is 25.5. The van der Waals surface area contributed by atoms with Crippen molar-refractivity contribution in [1.29, 1.82) is 0 Å². The molecule has 0 bridgehead atoms. The topological polar surface area (TPSA) is 128 Å². The van der Waals surface area contributed by atoms with Gasteiger partial charge in [-0.15, -0.1) is 0 Å². The van der Waals surface area contributed by atoms with Gasteiger partial charge < -0.3 is 56.8 Å². The summed E-state index contributed by atoms with van der Waals surface area (Å²) in [5.74, 6) is -0.384. The summed E-state index contributed by atoms with van der Waals surface area (Å²) in [6, 6.07) is 0. The molecule has 0 rings (SSSR count). The Morgan fingerprint density at radius 2 is 0.558 bits per heavy atom. The number of hydrogen-bond donors (Lipinski definition) is 0. The number of ether oxygens (including phenoxy) is 12. The van der Waals surface area contributed by atoms with Gasteiger partial charge in [-0.2, -0.15) is 0 Å². The van der Waals surface area contributed by atoms with Gasteiger partial charge in [-0.1, -0.05) is 71.1 Å². The minimum absolute atomic E-state index is 0.0806. The van der Waals surface area contributed by atoms with Crippen molar-refractivity contribution in [3.8, 4) is 0 Å². The SMILES string of the molecule is CCCCCCCCCCCCCOCCOCCOCCOCCOCCOCCOCCOCCOCCOCCOCC(=O)OC(C)(C)C. The van der Waals surface area contributed by atoms with Crippen LogP contribution in [-0.4, -0.2) is 157 Å². The third-order valence-electron chi connectivity index (χ3n) is 7.25. The minimum atomic E-state index is -0.509. The summed E-state index contributed by atoms with van der Waals surface area (Å²) >= 11 is 0. The molecule has 0 saturated carbocycles. The Morgan fingerprint density at radius 1 is 0.327 bits per heavy atom. The van der Waals surface area contributed by atoms with Gasteiger partial charge in [0.2, 0.25) is 0 Å². The molecule has 0 spiro atoms. The van der Waals surface area contributed by atoms with Gasteiger partial charge in [-0.25, -0.2) is 4.79 Å². The molecule has 0 atom stereocenters. The van der Waals surface area contributed by atoms with E-state index in [0.717, 1.165) is 13.0 Å². The molecule has 0 aliphatic carbocycles. The predicted octanol–water partition coefficient (Wildman–Crippen LogP) is 5.82. The molecule has 52 heavy (non-hydrogen) atoms. The summed E-state index contributed by atoms with van der Waals surface area (Å²) in [4.78, 5) is 11.5. The van der Waals surface area contributed by atoms with Gasteiger partial charge in [0, 0.05) is 6.61 Å². The molecule has 0 unspecified atom stereocenters. The molecule has 0 amide bonds. The largest absolute Gasteiger partial charge is 0.458 e. The van der Waals surface area contributed by atoms with E-state index in [9.17, 15) is 4.79 Å². The second kappa shape index (κ2) is 42.8. The molecule has 0 saturated heterocycles. The van der Waals surface area contributed by atoms with Crippen LogP contribution in [-0.2, 0) is 61.6 Å². The second-order valence-corrected chi connectivity index (χ2v) is 13.3. The summed E-state index contributed by atoms with van der Waals surface area (Å²) in [6.07, 6.45) is 14.8. The molecule has 0 heterocycles. The van der Waals surface area contributed by atoms with Gasteiger partial charge in [-0.3, -0.25) is 0 Å². The van der Waals surface area contributed by atoms with Gasteiger partial charge in [-0.05, 0) is 27.2 Å². The van der Waals surface area contributed by atoms with Gasteiger partial charge in [0.15, 0.2) is 0 Å². The summed E-state index contributed by atoms with van der Waals surface area (Å²) < 4.78 is 65.4. The Bertz CT molecular complexity index is 694. The maximum atomic E-state index is 11.5. The van der Waals surface area contributed by atoms with Crippen LogP contribution in [0, 0.1) is 0 Å². The van der Waals surface area contributed by atoms with E-state index in [1.54, 1.807) is 0 Å². The van der Waals surface area contributed by atoms with Gasteiger partial charge in [0.25, 0.3) is 0 Å². The average Bonchev–Trinajstić information content (AvgIpc) is 3.11. The Kier molecular flexibility index (Phi) is 42.0. The molecule has 0 aromatic heterocycles. The third kappa shape index (κ3) is 47.1. The fourth-order valence-corrected chi connectivity index (χ4v) is 4.59. The highest BCUT2D eigenvalue weighted by atomic mass is 16.6. The van der Waals surface area contributed by atoms with E-state index in [-0.39, 0.29) is 12.6 Å². The fourth-order valence-electron chi connectivity index (χ4n) is 4.59. The lowest BCUT2D eigenvalue weighted by Gasteiger charge is -2.19. The zero-order chi connectivity index (χ0) is 37.9. The smallest absolute Gasteiger partial charge is 0.332 e. The van der Waals surface area contributed by atoms with Crippen LogP contribution >= 0.6 is 0 Å². The molecular formula is C39H78O13. The molecule has 0 radical (unpaired) electrons. The van der Waals surface area contributed by atoms with Crippen LogP contribution in [0.2, 0.25) is 0 Å². The van der Waals surface area contributed by atoms with Crippen LogP contribution in [0.25, 0.3) is 0 Å². The standard InChI is InChI=1S/C39H78O13/c1-5-6-7-8-9-10-11-12-13-14-15-16-41-17-18-42-19-20-43-21-22-44-23-24-45-25-26-46-27-28-47-29-30-48-31-32-49-33-34-50-35-36-51-37-38(40)52-39(2,3)4/h5-37H2,1-4H3. The van der Waals surface area contributed by atoms with Crippen molar-refractivity contribution in [2.24, 2.45) is 0 Å². The number of rotatable bonds is 44. The van der Waals surface area contributed by atoms with E-state index in [0.29, 0.717) is 132 Å². The van der Waals surface area contributed by atoms with Crippen LogP contribution in [0.15, 0.2) is 0 Å². The number of carbonyl (C=O) groups is 1. The molecule has 13 nitrogen and oxygen atoms in total. The highest BCUT2D eigenvalue weighted by molar-refractivity contribution is 5.71. The van der Waals surface area contributed by atoms with E-state index in [4.69, 9.17) is 56.8 Å². The van der Waals surface area contributed by atoms with Crippen molar-refractivity contribution in [3.63, 3.8) is 0 Å². The average molecular weight is 755 g/mol. The first-order valence-corrected chi connectivity index (χ1v) is 20.0. The molecule has 0 N–H and O–H groups in total. The van der Waals surface area contributed by atoms with Crippen molar-refractivity contribution in [2.45, 2.75) is 104 Å². The number of esters is 1. The summed E-state index contributed by atoms with van der Waals surface area (Å²) in [7, 11) is 0. The normalized spacial score (nSPS) is 11.8. The zero-order valence-electron chi connectivity index (χ0n) is 33.6. The van der Waals surface area contributed by atoms with E-state index in [2.05, 4.69) is 6.92 Å². The van der Waals surface area contributed by atoms with Crippen molar-refractivity contribution in [1.82, 2.24) is 0 Å². The van der Waals surface area contributed by atoms with Crippen LogP contribution in [0.5, 0.6) is 0 Å². The van der Waals surface area contributed by atoms with Gasteiger partial charge in [0.1, 0.15) is 12.2 Å². The monoisotopic (exact) mass is 755 g/mol. The highest BCUT2D eigenvalue weighted by Crippen LogP contribution is 2.11. The molecule has 0 aromatic carbocycles. The third-order valence-corrected chi connectivity index (χ3v) is 7.25. The quantitative estimate of drug-likeness (QED) is 0.0548. The molecule has 0 aliphatic rings. The summed E-state index contributed by atoms with van der Waals surface area (Å²) in [5, 5.41) is 0. The molecular weight excluding hydrogens is 676 g/mol. The lowest BCUT2D eigenvalue weighted by Crippen LogP contribution is -2.27. The van der Waals surface area contributed by atoms with Crippen LogP contribution in [0.1, 0.15) is 98.3 Å². The van der Waals surface area contributed by atoms with Crippen molar-refractivity contribution in [3.05, 3.63) is 0 Å². The van der Waals surface area contributed by atoms with Crippen molar-refractivity contribution < 1.29 is 61.6 Å². The van der Waals surface area contributed by atoms with Crippen molar-refractivity contribution in [2.75, 3.05) is 145 Å². The van der Waals surface area contributed by atoms with E-state index >= 15 is 0 Å². The van der Waals surface area contributed by atoms with Crippen LogP contribution in [0.3, 0.4) is 0 Å². The molecule has 312 valence electrons. The number of unbranched alkanes of at least 4 members (excludes halogenated alkanes) is 10. The Morgan fingerprint density at radius 3 is 0.827 bits per heavy atom. The van der Waals surface area contributed by atoms with Gasteiger partial charge in [0.05, 0.1) is 132 Å². The number of hydrogen-bond acceptors (Lipinski definition) is 13. The van der Waals surface area contributed by atoms with Crippen LogP contribution in [0.4, 0.5) is 0 Å². The zero-order valence-corrected chi connectivity index (χ0v) is 33.6.